The molecule has 0 saturated carbocycles. The Morgan fingerprint density at radius 2 is 0.882 bits per heavy atom. The number of hydrogen-bond donors (Lipinski definition) is 0. The maximum absolute atomic E-state index is 3.41. The van der Waals surface area contributed by atoms with Gasteiger partial charge in [0.05, 0.1) is 0 Å². The van der Waals surface area contributed by atoms with Gasteiger partial charge in [-0.2, -0.15) is 35.4 Å². The predicted octanol–water partition coefficient (Wildman–Crippen LogP) is 8.35. The van der Waals surface area contributed by atoms with Crippen molar-refractivity contribution in [3.05, 3.63) is 133 Å². The molecule has 2 aliphatic carbocycles. The summed E-state index contributed by atoms with van der Waals surface area (Å²) in [6.45, 7) is 7.35. The van der Waals surface area contributed by atoms with E-state index in [1.54, 1.807) is 0 Å². The normalized spacial score (nSPS) is 11.8. The number of fused-ring (bicyclic) bond motifs is 4. The average Bonchev–Trinajstić information content (AvgIpc) is 3.31. The van der Waals surface area contributed by atoms with Gasteiger partial charge in [0.2, 0.25) is 0 Å². The van der Waals surface area contributed by atoms with E-state index in [9.17, 15) is 0 Å². The SMILES string of the molecule is CC1=[C-]c2cc3ccccc3cc2C1.CC1=[C-]c2cc3ccccc3cc2C1.Cl.Cl.[CH3-].[CH3-].[Si]=[Zr]. The van der Waals surface area contributed by atoms with Crippen molar-refractivity contribution in [3.63, 3.8) is 0 Å². The molecule has 0 unspecified atom stereocenters. The summed E-state index contributed by atoms with van der Waals surface area (Å²) in [6, 6.07) is 26.1. The van der Waals surface area contributed by atoms with Crippen molar-refractivity contribution in [1.29, 1.82) is 0 Å². The van der Waals surface area contributed by atoms with Crippen molar-refractivity contribution in [2.24, 2.45) is 0 Å². The standard InChI is InChI=1S/2C14H11.2CH3.2ClH.Si.Zr/c2*1-10-6-13-8-11-4-2-3-5-12(11)9-14(13)7-10;;;;;;/h2*2-5,8-9H,6H2,1H3;2*1H3;2*1H;;/q4*-1;;;;. The Balaban J connectivity index is 0.000000538. The van der Waals surface area contributed by atoms with Crippen molar-refractivity contribution in [3.8, 4) is 0 Å². The number of benzene rings is 4. The summed E-state index contributed by atoms with van der Waals surface area (Å²) in [4.78, 5) is 0. The van der Waals surface area contributed by atoms with E-state index in [4.69, 9.17) is 0 Å². The molecular weight excluding hydrogens is 551 g/mol. The van der Waals surface area contributed by atoms with Crippen molar-refractivity contribution in [1.82, 2.24) is 0 Å². The third-order valence-electron chi connectivity index (χ3n) is 5.55. The van der Waals surface area contributed by atoms with E-state index >= 15 is 0 Å². The van der Waals surface area contributed by atoms with E-state index in [2.05, 4.69) is 106 Å². The van der Waals surface area contributed by atoms with E-state index in [-0.39, 0.29) is 39.7 Å². The fourth-order valence-corrected chi connectivity index (χ4v) is 4.22. The molecule has 0 nitrogen and oxygen atoms in total. The molecule has 4 aromatic carbocycles. The quantitative estimate of drug-likeness (QED) is 0.145. The van der Waals surface area contributed by atoms with E-state index in [0.29, 0.717) is 0 Å². The van der Waals surface area contributed by atoms with Gasteiger partial charge in [-0.1, -0.05) is 86.0 Å². The number of halogens is 2. The van der Waals surface area contributed by atoms with Gasteiger partial charge in [0.1, 0.15) is 0 Å². The molecule has 0 bridgehead atoms. The number of hydrogen-bond acceptors (Lipinski definition) is 0. The fraction of sp³-hybridized carbons (Fsp3) is 0.133. The van der Waals surface area contributed by atoms with Gasteiger partial charge >= 0.3 is 30.2 Å². The molecule has 6 rings (SSSR count). The summed E-state index contributed by atoms with van der Waals surface area (Å²) >= 11 is 1.36. The molecule has 0 N–H and O–H groups in total. The van der Waals surface area contributed by atoms with Gasteiger partial charge in [-0.25, -0.2) is 0 Å². The van der Waals surface area contributed by atoms with Crippen LogP contribution in [0.25, 0.3) is 21.5 Å². The second-order valence-electron chi connectivity index (χ2n) is 7.88. The van der Waals surface area contributed by atoms with Crippen LogP contribution in [-0.4, -0.2) is 6.88 Å². The molecular formula is C30H30Cl2SiZr-4. The van der Waals surface area contributed by atoms with Crippen LogP contribution in [0.4, 0.5) is 0 Å². The Labute approximate surface area is 235 Å². The molecule has 176 valence electrons. The van der Waals surface area contributed by atoms with Gasteiger partial charge in [0.15, 0.2) is 0 Å². The Bertz CT molecular complexity index is 1210. The summed E-state index contributed by atoms with van der Waals surface area (Å²) in [5.74, 6) is 0. The minimum atomic E-state index is 0. The summed E-state index contributed by atoms with van der Waals surface area (Å²) in [6.07, 6.45) is 8.95. The zero-order valence-corrected chi connectivity index (χ0v) is 25.2. The first-order chi connectivity index (χ1) is 14.7. The van der Waals surface area contributed by atoms with Crippen LogP contribution in [0.3, 0.4) is 0 Å². The van der Waals surface area contributed by atoms with Crippen molar-refractivity contribution >= 4 is 53.2 Å². The molecule has 34 heavy (non-hydrogen) atoms. The molecule has 0 heterocycles. The Morgan fingerprint density at radius 3 is 1.21 bits per heavy atom. The van der Waals surface area contributed by atoms with E-state index in [0.717, 1.165) is 12.8 Å². The van der Waals surface area contributed by atoms with Gasteiger partial charge in [-0.05, 0) is 10.8 Å². The van der Waals surface area contributed by atoms with Crippen LogP contribution in [0.5, 0.6) is 0 Å². The third kappa shape index (κ3) is 7.28. The first-order valence-corrected chi connectivity index (χ1v) is 14.3. The Hall–Kier alpha value is -1.44. The summed E-state index contributed by atoms with van der Waals surface area (Å²) in [7, 11) is 0. The van der Waals surface area contributed by atoms with Crippen molar-refractivity contribution in [2.45, 2.75) is 26.7 Å². The minimum absolute atomic E-state index is 0. The van der Waals surface area contributed by atoms with Crippen LogP contribution >= 0.6 is 24.8 Å². The topological polar surface area (TPSA) is 0 Å². The first kappa shape index (κ1) is 32.6. The monoisotopic (exact) mass is 578 g/mol. The van der Waals surface area contributed by atoms with Gasteiger partial charge in [-0.3, -0.25) is 0 Å². The zero-order chi connectivity index (χ0) is 21.1. The molecule has 2 radical (unpaired) electrons. The molecule has 4 heteroatoms. The van der Waals surface area contributed by atoms with Crippen molar-refractivity contribution < 1.29 is 23.3 Å². The molecule has 0 spiro atoms. The molecule has 4 aromatic rings. The van der Waals surface area contributed by atoms with E-state index < -0.39 is 0 Å². The molecule has 0 fully saturated rings. The molecule has 0 aliphatic heterocycles. The van der Waals surface area contributed by atoms with Crippen LogP contribution in [0.1, 0.15) is 36.1 Å². The van der Waals surface area contributed by atoms with Crippen LogP contribution < -0.4 is 0 Å². The van der Waals surface area contributed by atoms with Crippen LogP contribution in [0.2, 0.25) is 0 Å². The fourth-order valence-electron chi connectivity index (χ4n) is 4.22. The van der Waals surface area contributed by atoms with E-state index in [1.165, 1.54) is 78.3 Å². The summed E-state index contributed by atoms with van der Waals surface area (Å²) in [5, 5.41) is 5.30. The second kappa shape index (κ2) is 14.8. The maximum atomic E-state index is 3.41. The zero-order valence-electron chi connectivity index (χ0n) is 20.2. The molecule has 2 aliphatic rings. The van der Waals surface area contributed by atoms with Crippen LogP contribution in [-0.2, 0) is 36.2 Å². The Morgan fingerprint density at radius 1 is 0.588 bits per heavy atom. The van der Waals surface area contributed by atoms with Gasteiger partial charge in [-0.15, -0.1) is 59.2 Å². The second-order valence-corrected chi connectivity index (χ2v) is 7.88. The first-order valence-electron chi connectivity index (χ1n) is 10.1. The van der Waals surface area contributed by atoms with Gasteiger partial charge in [0.25, 0.3) is 0 Å². The van der Waals surface area contributed by atoms with Crippen LogP contribution in [0, 0.1) is 27.0 Å². The van der Waals surface area contributed by atoms with Crippen LogP contribution in [0.15, 0.2) is 83.9 Å². The van der Waals surface area contributed by atoms with Gasteiger partial charge in [0, 0.05) is 0 Å². The third-order valence-corrected chi connectivity index (χ3v) is 5.55. The van der Waals surface area contributed by atoms with Gasteiger partial charge < -0.3 is 14.9 Å². The molecule has 0 amide bonds. The predicted molar refractivity (Wildman–Crippen MR) is 151 cm³/mol. The van der Waals surface area contributed by atoms with E-state index in [1.807, 2.05) is 0 Å². The number of rotatable bonds is 0. The van der Waals surface area contributed by atoms with Crippen molar-refractivity contribution in [2.75, 3.05) is 0 Å². The summed E-state index contributed by atoms with van der Waals surface area (Å²) in [5.41, 5.74) is 8.08. The number of allylic oxidation sites excluding steroid dienone is 2. The average molecular weight is 581 g/mol. The molecule has 0 atom stereocenters. The summed E-state index contributed by atoms with van der Waals surface area (Å²) < 4.78 is 0. The molecule has 0 saturated heterocycles. The Kier molecular flexibility index (Phi) is 14.2. The molecule has 0 aromatic heterocycles.